The number of piperidine rings is 1. The normalized spacial score (nSPS) is 18.2. The molecule has 0 radical (unpaired) electrons. The van der Waals surface area contributed by atoms with Crippen molar-refractivity contribution in [3.05, 3.63) is 0 Å². The van der Waals surface area contributed by atoms with Crippen molar-refractivity contribution < 1.29 is 14.3 Å². The molecule has 1 aliphatic heterocycles. The highest BCUT2D eigenvalue weighted by molar-refractivity contribution is 5.68. The van der Waals surface area contributed by atoms with Gasteiger partial charge in [-0.1, -0.05) is 0 Å². The van der Waals surface area contributed by atoms with Crippen LogP contribution >= 0.6 is 0 Å². The van der Waals surface area contributed by atoms with E-state index in [2.05, 4.69) is 13.8 Å². The van der Waals surface area contributed by atoms with Gasteiger partial charge < -0.3 is 20.1 Å². The lowest BCUT2D eigenvalue weighted by Crippen LogP contribution is -2.47. The van der Waals surface area contributed by atoms with Crippen molar-refractivity contribution in [2.45, 2.75) is 84.5 Å². The van der Waals surface area contributed by atoms with Crippen molar-refractivity contribution in [2.75, 3.05) is 19.7 Å². The number of likely N-dealkylation sites (tertiary alicyclic amines) is 1. The Labute approximate surface area is 141 Å². The standard InChI is InChI=1S/C18H36N2O3/c1-16(2,3)23-15(21)20-11-8-14(9-12-20)18(6,7)22-13-10-17(4,5)19/h14H,8-13,19H2,1-7H3. The minimum absolute atomic E-state index is 0.189. The van der Waals surface area contributed by atoms with Crippen LogP contribution in [0.2, 0.25) is 0 Å². The summed E-state index contributed by atoms with van der Waals surface area (Å²) in [6.45, 7) is 16.1. The molecule has 1 rings (SSSR count). The van der Waals surface area contributed by atoms with Crippen LogP contribution < -0.4 is 5.73 Å². The Balaban J connectivity index is 2.43. The third kappa shape index (κ3) is 7.53. The molecule has 1 saturated heterocycles. The summed E-state index contributed by atoms with van der Waals surface area (Å²) in [6, 6.07) is 0. The van der Waals surface area contributed by atoms with Crippen LogP contribution in [0.15, 0.2) is 0 Å². The van der Waals surface area contributed by atoms with Crippen LogP contribution in [0.3, 0.4) is 0 Å². The molecule has 1 heterocycles. The molecule has 5 nitrogen and oxygen atoms in total. The van der Waals surface area contributed by atoms with E-state index in [1.54, 1.807) is 4.90 Å². The van der Waals surface area contributed by atoms with Gasteiger partial charge in [-0.25, -0.2) is 4.79 Å². The fraction of sp³-hybridized carbons (Fsp3) is 0.944. The van der Waals surface area contributed by atoms with Crippen molar-refractivity contribution in [3.63, 3.8) is 0 Å². The Morgan fingerprint density at radius 3 is 2.04 bits per heavy atom. The van der Waals surface area contributed by atoms with Crippen LogP contribution in [0, 0.1) is 5.92 Å². The molecule has 0 bridgehead atoms. The van der Waals surface area contributed by atoms with Crippen LogP contribution in [-0.2, 0) is 9.47 Å². The summed E-state index contributed by atoms with van der Waals surface area (Å²) >= 11 is 0. The van der Waals surface area contributed by atoms with E-state index in [0.29, 0.717) is 12.5 Å². The first-order valence-corrected chi connectivity index (χ1v) is 8.71. The van der Waals surface area contributed by atoms with Gasteiger partial charge in [-0.15, -0.1) is 0 Å². The average Bonchev–Trinajstić information content (AvgIpc) is 2.35. The maximum atomic E-state index is 12.1. The number of carbonyl (C=O) groups is 1. The van der Waals surface area contributed by atoms with Crippen molar-refractivity contribution in [1.82, 2.24) is 4.90 Å². The van der Waals surface area contributed by atoms with Crippen molar-refractivity contribution in [1.29, 1.82) is 0 Å². The fourth-order valence-corrected chi connectivity index (χ4v) is 2.78. The molecule has 0 aromatic heterocycles. The molecule has 0 atom stereocenters. The van der Waals surface area contributed by atoms with Gasteiger partial charge in [0, 0.05) is 25.2 Å². The SMILES string of the molecule is CC(C)(N)CCOC(C)(C)C1CCN(C(=O)OC(C)(C)C)CC1. The van der Waals surface area contributed by atoms with Gasteiger partial charge in [0.2, 0.25) is 0 Å². The quantitative estimate of drug-likeness (QED) is 0.838. The molecule has 23 heavy (non-hydrogen) atoms. The minimum atomic E-state index is -0.439. The molecule has 0 aliphatic carbocycles. The Morgan fingerprint density at radius 1 is 1.09 bits per heavy atom. The minimum Gasteiger partial charge on any atom is -0.444 e. The third-order valence-corrected chi connectivity index (χ3v) is 4.35. The zero-order chi connectivity index (χ0) is 17.9. The van der Waals surface area contributed by atoms with Crippen molar-refractivity contribution in [2.24, 2.45) is 11.7 Å². The average molecular weight is 328 g/mol. The summed E-state index contributed by atoms with van der Waals surface area (Å²) in [5, 5.41) is 0. The first-order valence-electron chi connectivity index (χ1n) is 8.71. The molecule has 2 N–H and O–H groups in total. The molecule has 0 unspecified atom stereocenters. The zero-order valence-corrected chi connectivity index (χ0v) is 16.1. The zero-order valence-electron chi connectivity index (χ0n) is 16.1. The van der Waals surface area contributed by atoms with Crippen LogP contribution in [0.25, 0.3) is 0 Å². The van der Waals surface area contributed by atoms with Crippen LogP contribution in [-0.4, -0.2) is 47.4 Å². The summed E-state index contributed by atoms with van der Waals surface area (Å²) in [7, 11) is 0. The van der Waals surface area contributed by atoms with E-state index < -0.39 is 5.60 Å². The van der Waals surface area contributed by atoms with Crippen molar-refractivity contribution >= 4 is 6.09 Å². The summed E-state index contributed by atoms with van der Waals surface area (Å²) in [6.07, 6.45) is 2.52. The number of amides is 1. The first kappa shape index (κ1) is 20.2. The second kappa shape index (κ2) is 7.39. The van der Waals surface area contributed by atoms with Crippen molar-refractivity contribution in [3.8, 4) is 0 Å². The number of rotatable bonds is 5. The van der Waals surface area contributed by atoms with Crippen LogP contribution in [0.4, 0.5) is 4.79 Å². The van der Waals surface area contributed by atoms with Gasteiger partial charge in [0.1, 0.15) is 5.60 Å². The lowest BCUT2D eigenvalue weighted by molar-refractivity contribution is -0.0806. The molecule has 0 aromatic rings. The van der Waals surface area contributed by atoms with E-state index in [1.807, 2.05) is 34.6 Å². The van der Waals surface area contributed by atoms with Gasteiger partial charge in [0.25, 0.3) is 0 Å². The van der Waals surface area contributed by atoms with E-state index in [9.17, 15) is 4.79 Å². The first-order chi connectivity index (χ1) is 10.3. The fourth-order valence-electron chi connectivity index (χ4n) is 2.78. The molecular weight excluding hydrogens is 292 g/mol. The van der Waals surface area contributed by atoms with Gasteiger partial charge in [-0.05, 0) is 73.6 Å². The van der Waals surface area contributed by atoms with Gasteiger partial charge in [-0.2, -0.15) is 0 Å². The smallest absolute Gasteiger partial charge is 0.410 e. The summed E-state index contributed by atoms with van der Waals surface area (Å²) in [5.41, 5.74) is 5.18. The number of hydrogen-bond acceptors (Lipinski definition) is 4. The van der Waals surface area contributed by atoms with Gasteiger partial charge in [0.15, 0.2) is 0 Å². The van der Waals surface area contributed by atoms with Crippen LogP contribution in [0.5, 0.6) is 0 Å². The largest absolute Gasteiger partial charge is 0.444 e. The molecule has 0 spiro atoms. The van der Waals surface area contributed by atoms with Gasteiger partial charge in [-0.3, -0.25) is 0 Å². The van der Waals surface area contributed by atoms with Gasteiger partial charge >= 0.3 is 6.09 Å². The molecule has 1 amide bonds. The second-order valence-corrected chi connectivity index (χ2v) is 8.93. The molecule has 0 aromatic carbocycles. The highest BCUT2D eigenvalue weighted by Gasteiger charge is 2.35. The predicted octanol–water partition coefficient (Wildman–Crippen LogP) is 3.56. The topological polar surface area (TPSA) is 64.8 Å². The number of carbonyl (C=O) groups excluding carboxylic acids is 1. The summed E-state index contributed by atoms with van der Waals surface area (Å²) in [4.78, 5) is 13.9. The third-order valence-electron chi connectivity index (χ3n) is 4.35. The Kier molecular flexibility index (Phi) is 6.50. The molecule has 0 saturated carbocycles. The highest BCUT2D eigenvalue weighted by atomic mass is 16.6. The lowest BCUT2D eigenvalue weighted by Gasteiger charge is -2.41. The number of ether oxygens (including phenoxy) is 2. The second-order valence-electron chi connectivity index (χ2n) is 8.93. The number of nitrogens with zero attached hydrogens (tertiary/aromatic N) is 1. The van der Waals surface area contributed by atoms with Gasteiger partial charge in [0.05, 0.1) is 5.60 Å². The van der Waals surface area contributed by atoms with E-state index in [0.717, 1.165) is 32.4 Å². The molecule has 136 valence electrons. The molecule has 5 heteroatoms. The maximum Gasteiger partial charge on any atom is 0.410 e. The summed E-state index contributed by atoms with van der Waals surface area (Å²) in [5.74, 6) is 0.446. The van der Waals surface area contributed by atoms with Crippen LogP contribution in [0.1, 0.15) is 67.7 Å². The Morgan fingerprint density at radius 2 is 1.61 bits per heavy atom. The lowest BCUT2D eigenvalue weighted by atomic mass is 9.83. The number of hydrogen-bond donors (Lipinski definition) is 1. The van der Waals surface area contributed by atoms with E-state index in [1.165, 1.54) is 0 Å². The monoisotopic (exact) mass is 328 g/mol. The predicted molar refractivity (Wildman–Crippen MR) is 93.4 cm³/mol. The number of nitrogens with two attached hydrogens (primary N) is 1. The highest BCUT2D eigenvalue weighted by Crippen LogP contribution is 2.32. The van der Waals surface area contributed by atoms with E-state index in [4.69, 9.17) is 15.2 Å². The maximum absolute atomic E-state index is 12.1. The van der Waals surface area contributed by atoms with E-state index in [-0.39, 0.29) is 17.2 Å². The Bertz CT molecular complexity index is 386. The molecular formula is C18H36N2O3. The molecule has 1 aliphatic rings. The summed E-state index contributed by atoms with van der Waals surface area (Å²) < 4.78 is 11.5. The molecule has 1 fully saturated rings. The Hall–Kier alpha value is -0.810. The van der Waals surface area contributed by atoms with E-state index >= 15 is 0 Å².